The van der Waals surface area contributed by atoms with Crippen LogP contribution < -0.4 is 9.42 Å². The van der Waals surface area contributed by atoms with Crippen molar-refractivity contribution in [3.8, 4) is 5.75 Å². The molecule has 0 radical (unpaired) electrons. The van der Waals surface area contributed by atoms with Crippen LogP contribution in [0.15, 0.2) is 18.2 Å². The molecule has 1 aromatic rings. The molecule has 0 fully saturated rings. The molecule has 19 heavy (non-hydrogen) atoms. The first-order valence-electron chi connectivity index (χ1n) is 5.31. The number of phosphoric acid groups is 1. The topological polar surface area (TPSA) is 125 Å². The molecule has 9 heteroatoms. The summed E-state index contributed by atoms with van der Waals surface area (Å²) in [4.78, 5) is 30.9. The average molecular weight is 291 g/mol. The van der Waals surface area contributed by atoms with Crippen molar-refractivity contribution in [3.63, 3.8) is 0 Å². The Hall–Kier alpha value is -1.31. The largest absolute Gasteiger partial charge is 0.598 e. The van der Waals surface area contributed by atoms with Gasteiger partial charge in [0.15, 0.2) is 5.75 Å². The Morgan fingerprint density at radius 2 is 2.16 bits per heavy atom. The van der Waals surface area contributed by atoms with Crippen LogP contribution in [0.25, 0.3) is 0 Å². The van der Waals surface area contributed by atoms with E-state index in [0.717, 1.165) is 0 Å². The highest BCUT2D eigenvalue weighted by Gasteiger charge is 2.30. The maximum absolute atomic E-state index is 11.5. The highest BCUT2D eigenvalue weighted by molar-refractivity contribution is 7.53. The summed E-state index contributed by atoms with van der Waals surface area (Å²) in [5, 5.41) is 19.5. The number of hydrogen-bond donors (Lipinski definition) is 2. The van der Waals surface area contributed by atoms with Gasteiger partial charge in [0.1, 0.15) is 6.61 Å². The summed E-state index contributed by atoms with van der Waals surface area (Å²) < 4.78 is 9.24. The van der Waals surface area contributed by atoms with Gasteiger partial charge in [0.2, 0.25) is 0 Å². The van der Waals surface area contributed by atoms with E-state index in [9.17, 15) is 19.9 Å². The van der Waals surface area contributed by atoms with E-state index in [4.69, 9.17) is 9.63 Å². The third-order valence-corrected chi connectivity index (χ3v) is 2.98. The molecule has 0 saturated heterocycles. The second-order valence-electron chi connectivity index (χ2n) is 3.91. The van der Waals surface area contributed by atoms with E-state index in [1.165, 1.54) is 32.0 Å². The molecule has 2 atom stereocenters. The Kier molecular flexibility index (Phi) is 5.16. The van der Waals surface area contributed by atoms with E-state index in [0.29, 0.717) is 0 Å². The number of rotatable bonds is 6. The van der Waals surface area contributed by atoms with Gasteiger partial charge in [-0.1, -0.05) is 0 Å². The minimum absolute atomic E-state index is 0.0282. The molecule has 0 saturated carbocycles. The zero-order valence-corrected chi connectivity index (χ0v) is 11.2. The Balaban J connectivity index is 2.77. The van der Waals surface area contributed by atoms with Gasteiger partial charge in [-0.25, -0.2) is 0 Å². The molecule has 0 bridgehead atoms. The smallest absolute Gasteiger partial charge is 0.426 e. The number of nitro benzene ring substituents is 1. The van der Waals surface area contributed by atoms with Gasteiger partial charge in [-0.2, -0.15) is 9.42 Å². The molecule has 0 aliphatic carbocycles. The Morgan fingerprint density at radius 3 is 2.63 bits per heavy atom. The third kappa shape index (κ3) is 5.06. The molecular weight excluding hydrogens is 277 g/mol. The summed E-state index contributed by atoms with van der Waals surface area (Å²) in [6, 6.07) is 3.62. The number of phosphoric ester groups is 1. The van der Waals surface area contributed by atoms with Gasteiger partial charge in [-0.15, -0.1) is 0 Å². The monoisotopic (exact) mass is 291 g/mol. The van der Waals surface area contributed by atoms with Gasteiger partial charge in [-0.3, -0.25) is 14.6 Å². The highest BCUT2D eigenvalue weighted by atomic mass is 31.2. The van der Waals surface area contributed by atoms with Gasteiger partial charge in [0.05, 0.1) is 11.0 Å². The maximum Gasteiger partial charge on any atom is 0.426 e. The van der Waals surface area contributed by atoms with E-state index in [1.54, 1.807) is 0 Å². The highest BCUT2D eigenvalue weighted by Crippen LogP contribution is 2.48. The third-order valence-electron chi connectivity index (χ3n) is 2.06. The van der Waals surface area contributed by atoms with E-state index >= 15 is 0 Å². The Morgan fingerprint density at radius 1 is 1.53 bits per heavy atom. The average Bonchev–Trinajstić information content (AvgIpc) is 2.25. The van der Waals surface area contributed by atoms with Crippen molar-refractivity contribution in [2.24, 2.45) is 0 Å². The number of benzene rings is 1. The Labute approximate surface area is 110 Å². The quantitative estimate of drug-likeness (QED) is 0.449. The van der Waals surface area contributed by atoms with E-state index < -0.39 is 19.2 Å². The number of aliphatic hydroxyl groups is 1. The lowest BCUT2D eigenvalue weighted by molar-refractivity contribution is -0.385. The number of nitro groups is 1. The van der Waals surface area contributed by atoms with E-state index in [1.807, 2.05) is 0 Å². The molecule has 1 aromatic carbocycles. The number of aryl methyl sites for hydroxylation is 1. The second-order valence-corrected chi connectivity index (χ2v) is 5.29. The predicted molar refractivity (Wildman–Crippen MR) is 65.2 cm³/mol. The lowest BCUT2D eigenvalue weighted by atomic mass is 10.2. The van der Waals surface area contributed by atoms with Gasteiger partial charge < -0.3 is 10.00 Å². The fraction of sp³-hybridized carbons (Fsp3) is 0.400. The molecule has 2 N–H and O–H groups in total. The zero-order valence-electron chi connectivity index (χ0n) is 10.3. The van der Waals surface area contributed by atoms with Crippen LogP contribution >= 0.6 is 8.17 Å². The minimum atomic E-state index is -4.36. The molecule has 1 rings (SSSR count). The second kappa shape index (κ2) is 6.23. The van der Waals surface area contributed by atoms with Crippen LogP contribution in [0.3, 0.4) is 0 Å². The minimum Gasteiger partial charge on any atom is -0.598 e. The number of nitrogens with zero attached hydrogens (tertiary/aromatic N) is 1. The number of hydrogen-bond acceptors (Lipinski definition) is 7. The molecule has 2 unspecified atom stereocenters. The normalized spacial score (nSPS) is 15.6. The molecule has 0 aliphatic heterocycles. The summed E-state index contributed by atoms with van der Waals surface area (Å²) in [7, 11) is -4.36. The van der Waals surface area contributed by atoms with Crippen LogP contribution in [0, 0.1) is 17.0 Å². The lowest BCUT2D eigenvalue weighted by Crippen LogP contribution is -2.21. The van der Waals surface area contributed by atoms with Crippen molar-refractivity contribution < 1.29 is 28.9 Å². The van der Waals surface area contributed by atoms with Crippen molar-refractivity contribution >= 4 is 13.9 Å². The van der Waals surface area contributed by atoms with Crippen LogP contribution in [-0.4, -0.2) is 27.6 Å². The van der Waals surface area contributed by atoms with Gasteiger partial charge >= 0.3 is 8.17 Å². The molecular formula is C10H14NO7P. The van der Waals surface area contributed by atoms with Crippen LogP contribution in [0.1, 0.15) is 12.5 Å². The first-order chi connectivity index (χ1) is 8.71. The molecule has 8 nitrogen and oxygen atoms in total. The van der Waals surface area contributed by atoms with Crippen LogP contribution in [-0.2, 0) is 4.52 Å². The molecule has 0 heterocycles. The van der Waals surface area contributed by atoms with Gasteiger partial charge in [0.25, 0.3) is 5.69 Å². The predicted octanol–water partition coefficient (Wildman–Crippen LogP) is 0.710. The molecule has 0 aliphatic rings. The van der Waals surface area contributed by atoms with Crippen molar-refractivity contribution in [3.05, 3.63) is 33.9 Å². The van der Waals surface area contributed by atoms with E-state index in [-0.39, 0.29) is 23.6 Å². The summed E-state index contributed by atoms with van der Waals surface area (Å²) in [6.07, 6.45) is -0.914. The lowest BCUT2D eigenvalue weighted by Gasteiger charge is -2.20. The Bertz CT molecular complexity index is 463. The summed E-state index contributed by atoms with van der Waals surface area (Å²) in [5.41, 5.74) is 0.169. The van der Waals surface area contributed by atoms with E-state index in [2.05, 4.69) is 4.52 Å². The fourth-order valence-corrected chi connectivity index (χ4v) is 2.09. The molecule has 0 spiro atoms. The standard InChI is InChI=1S/C10H14NO7P/c1-7-5-9(3-4-10(7)11(13)14)18-19(15,16)17-6-8(2)12/h3-5,8,12H,6H2,1-2H3,(H,15,16). The van der Waals surface area contributed by atoms with Crippen molar-refractivity contribution in [2.75, 3.05) is 6.61 Å². The summed E-state index contributed by atoms with van der Waals surface area (Å²) >= 11 is 0. The van der Waals surface area contributed by atoms with Crippen molar-refractivity contribution in [1.82, 2.24) is 0 Å². The zero-order chi connectivity index (χ0) is 14.6. The van der Waals surface area contributed by atoms with Crippen molar-refractivity contribution in [2.45, 2.75) is 20.0 Å². The first-order valence-corrected chi connectivity index (χ1v) is 6.81. The van der Waals surface area contributed by atoms with Crippen LogP contribution in [0.4, 0.5) is 5.69 Å². The molecule has 0 amide bonds. The van der Waals surface area contributed by atoms with Gasteiger partial charge in [0, 0.05) is 11.6 Å². The summed E-state index contributed by atoms with van der Waals surface area (Å²) in [6.45, 7) is 2.50. The fourth-order valence-electron chi connectivity index (χ4n) is 1.25. The van der Waals surface area contributed by atoms with Crippen molar-refractivity contribution in [1.29, 1.82) is 0 Å². The SMILES string of the molecule is Cc1cc(O[P+]([O-])(O)OCC(C)O)ccc1[N+](=O)[O-]. The molecule has 0 aromatic heterocycles. The van der Waals surface area contributed by atoms with Gasteiger partial charge in [-0.05, 0) is 26.0 Å². The van der Waals surface area contributed by atoms with Crippen LogP contribution in [0.5, 0.6) is 5.75 Å². The number of aliphatic hydroxyl groups excluding tert-OH is 1. The maximum atomic E-state index is 11.5. The summed E-state index contributed by atoms with van der Waals surface area (Å²) in [5.74, 6) is -0.0282. The first kappa shape index (κ1) is 15.7. The van der Waals surface area contributed by atoms with Crippen LogP contribution in [0.2, 0.25) is 0 Å². The molecule has 106 valence electrons.